The van der Waals surface area contributed by atoms with Crippen LogP contribution in [-0.4, -0.2) is 26.3 Å². The van der Waals surface area contributed by atoms with Gasteiger partial charge in [0, 0.05) is 6.04 Å². The van der Waals surface area contributed by atoms with Crippen LogP contribution in [-0.2, 0) is 10.0 Å². The van der Waals surface area contributed by atoms with Gasteiger partial charge in [-0.15, -0.1) is 0 Å². The van der Waals surface area contributed by atoms with E-state index in [0.717, 1.165) is 12.8 Å². The number of nitrogens with two attached hydrogens (primary N) is 1. The number of hydrogen-bond acceptors (Lipinski definition) is 3. The lowest BCUT2D eigenvalue weighted by atomic mass is 10.1. The minimum absolute atomic E-state index is 0.0596. The van der Waals surface area contributed by atoms with Gasteiger partial charge in [0.05, 0.1) is 5.25 Å². The van der Waals surface area contributed by atoms with Crippen LogP contribution >= 0.6 is 0 Å². The largest absolute Gasteiger partial charge is 0.330 e. The number of rotatable bonds is 5. The Labute approximate surface area is 79.9 Å². The van der Waals surface area contributed by atoms with Gasteiger partial charge in [0.2, 0.25) is 10.0 Å². The first-order valence-electron chi connectivity index (χ1n) is 4.68. The summed E-state index contributed by atoms with van der Waals surface area (Å²) >= 11 is 0. The van der Waals surface area contributed by atoms with E-state index in [4.69, 9.17) is 5.73 Å². The van der Waals surface area contributed by atoms with Gasteiger partial charge in [-0.1, -0.05) is 6.92 Å². The smallest absolute Gasteiger partial charge is 0.214 e. The first-order chi connectivity index (χ1) is 5.97. The molecule has 0 aromatic rings. The van der Waals surface area contributed by atoms with Crippen molar-refractivity contribution in [2.45, 2.75) is 38.0 Å². The maximum absolute atomic E-state index is 11.5. The Morgan fingerprint density at radius 3 is 2.38 bits per heavy atom. The van der Waals surface area contributed by atoms with Gasteiger partial charge in [-0.3, -0.25) is 0 Å². The third-order valence-corrected chi connectivity index (χ3v) is 4.59. The topological polar surface area (TPSA) is 72.2 Å². The SMILES string of the molecule is CC(CN)C(C)NS(=O)(=O)C1CC1. The zero-order chi connectivity index (χ0) is 10.1. The van der Waals surface area contributed by atoms with Crippen LogP contribution in [0.25, 0.3) is 0 Å². The molecule has 1 fully saturated rings. The van der Waals surface area contributed by atoms with E-state index >= 15 is 0 Å². The molecule has 0 spiro atoms. The predicted octanol–water partition coefficient (Wildman–Crippen LogP) is 0.0515. The van der Waals surface area contributed by atoms with Gasteiger partial charge < -0.3 is 5.73 Å². The average Bonchev–Trinajstić information content (AvgIpc) is 2.84. The fraction of sp³-hybridized carbons (Fsp3) is 1.00. The monoisotopic (exact) mass is 206 g/mol. The fourth-order valence-electron chi connectivity index (χ4n) is 1.05. The second-order valence-corrected chi connectivity index (χ2v) is 5.86. The summed E-state index contributed by atoms with van der Waals surface area (Å²) < 4.78 is 25.6. The van der Waals surface area contributed by atoms with Crippen LogP contribution in [0.15, 0.2) is 0 Å². The van der Waals surface area contributed by atoms with Gasteiger partial charge >= 0.3 is 0 Å². The predicted molar refractivity (Wildman–Crippen MR) is 52.8 cm³/mol. The second-order valence-electron chi connectivity index (χ2n) is 3.86. The number of hydrogen-bond donors (Lipinski definition) is 2. The van der Waals surface area contributed by atoms with Crippen molar-refractivity contribution in [3.05, 3.63) is 0 Å². The quantitative estimate of drug-likeness (QED) is 0.667. The van der Waals surface area contributed by atoms with Gasteiger partial charge in [-0.05, 0) is 32.2 Å². The molecule has 2 atom stereocenters. The van der Waals surface area contributed by atoms with E-state index in [1.54, 1.807) is 0 Å². The van der Waals surface area contributed by atoms with Gasteiger partial charge in [-0.2, -0.15) is 0 Å². The maximum Gasteiger partial charge on any atom is 0.214 e. The molecule has 1 aliphatic rings. The molecular formula is C8H18N2O2S. The third-order valence-electron chi connectivity index (χ3n) is 2.54. The molecule has 2 unspecified atom stereocenters. The van der Waals surface area contributed by atoms with Crippen molar-refractivity contribution in [3.63, 3.8) is 0 Å². The van der Waals surface area contributed by atoms with E-state index in [0.29, 0.717) is 6.54 Å². The molecule has 5 heteroatoms. The summed E-state index contributed by atoms with van der Waals surface area (Å²) in [6, 6.07) is -0.0596. The summed E-state index contributed by atoms with van der Waals surface area (Å²) in [5.74, 6) is 0.188. The van der Waals surface area contributed by atoms with Crippen LogP contribution in [0.1, 0.15) is 26.7 Å². The molecule has 1 saturated carbocycles. The van der Waals surface area contributed by atoms with E-state index in [-0.39, 0.29) is 17.2 Å². The molecule has 1 aliphatic carbocycles. The minimum Gasteiger partial charge on any atom is -0.330 e. The molecule has 0 saturated heterocycles. The van der Waals surface area contributed by atoms with Crippen molar-refractivity contribution in [1.82, 2.24) is 4.72 Å². The zero-order valence-electron chi connectivity index (χ0n) is 8.16. The van der Waals surface area contributed by atoms with Crippen LogP contribution in [0, 0.1) is 5.92 Å². The maximum atomic E-state index is 11.5. The molecule has 78 valence electrons. The van der Waals surface area contributed by atoms with Crippen molar-refractivity contribution < 1.29 is 8.42 Å². The van der Waals surface area contributed by atoms with Gasteiger partial charge in [0.25, 0.3) is 0 Å². The van der Waals surface area contributed by atoms with Crippen LogP contribution in [0.5, 0.6) is 0 Å². The molecule has 0 aliphatic heterocycles. The molecule has 4 nitrogen and oxygen atoms in total. The van der Waals surface area contributed by atoms with E-state index in [2.05, 4.69) is 4.72 Å². The Morgan fingerprint density at radius 2 is 2.00 bits per heavy atom. The number of nitrogens with one attached hydrogen (secondary N) is 1. The Bertz CT molecular complexity index is 259. The average molecular weight is 206 g/mol. The standard InChI is InChI=1S/C8H18N2O2S/c1-6(5-9)7(2)10-13(11,12)8-3-4-8/h6-8,10H,3-5,9H2,1-2H3. The van der Waals surface area contributed by atoms with E-state index < -0.39 is 10.0 Å². The minimum atomic E-state index is -3.05. The van der Waals surface area contributed by atoms with Crippen LogP contribution in [0.2, 0.25) is 0 Å². The molecule has 0 amide bonds. The first kappa shape index (κ1) is 10.9. The summed E-state index contributed by atoms with van der Waals surface area (Å²) in [5, 5.41) is -0.139. The molecule has 1 rings (SSSR count). The molecule has 0 aromatic heterocycles. The zero-order valence-corrected chi connectivity index (χ0v) is 8.97. The van der Waals surface area contributed by atoms with E-state index in [9.17, 15) is 8.42 Å². The Kier molecular flexibility index (Phi) is 3.32. The summed E-state index contributed by atoms with van der Waals surface area (Å²) in [5.41, 5.74) is 5.45. The summed E-state index contributed by atoms with van der Waals surface area (Å²) in [6.45, 7) is 4.31. The molecular weight excluding hydrogens is 188 g/mol. The fourth-order valence-corrected chi connectivity index (χ4v) is 2.75. The highest BCUT2D eigenvalue weighted by Crippen LogP contribution is 2.27. The molecule has 13 heavy (non-hydrogen) atoms. The highest BCUT2D eigenvalue weighted by Gasteiger charge is 2.36. The van der Waals surface area contributed by atoms with Crippen molar-refractivity contribution in [1.29, 1.82) is 0 Å². The first-order valence-corrected chi connectivity index (χ1v) is 6.23. The van der Waals surface area contributed by atoms with Gasteiger partial charge in [0.1, 0.15) is 0 Å². The second kappa shape index (κ2) is 3.94. The van der Waals surface area contributed by atoms with Crippen molar-refractivity contribution in [2.75, 3.05) is 6.54 Å². The number of sulfonamides is 1. The van der Waals surface area contributed by atoms with Crippen LogP contribution in [0.3, 0.4) is 0 Å². The highest BCUT2D eigenvalue weighted by atomic mass is 32.2. The summed E-state index contributed by atoms with van der Waals surface area (Å²) in [7, 11) is -3.05. The molecule has 0 aromatic carbocycles. The normalized spacial score (nSPS) is 22.7. The Morgan fingerprint density at radius 1 is 1.46 bits per heavy atom. The third kappa shape index (κ3) is 2.93. The molecule has 0 heterocycles. The molecule has 0 radical (unpaired) electrons. The summed E-state index contributed by atoms with van der Waals surface area (Å²) in [4.78, 5) is 0. The molecule has 3 N–H and O–H groups in total. The van der Waals surface area contributed by atoms with Crippen LogP contribution < -0.4 is 10.5 Å². The Hall–Kier alpha value is -0.130. The Balaban J connectivity index is 2.47. The van der Waals surface area contributed by atoms with E-state index in [1.165, 1.54) is 0 Å². The summed E-state index contributed by atoms with van der Waals surface area (Å²) in [6.07, 6.45) is 1.61. The van der Waals surface area contributed by atoms with Crippen LogP contribution in [0.4, 0.5) is 0 Å². The lowest BCUT2D eigenvalue weighted by Gasteiger charge is -2.19. The highest BCUT2D eigenvalue weighted by molar-refractivity contribution is 7.90. The van der Waals surface area contributed by atoms with Crippen molar-refractivity contribution in [3.8, 4) is 0 Å². The van der Waals surface area contributed by atoms with Gasteiger partial charge in [0.15, 0.2) is 0 Å². The lowest BCUT2D eigenvalue weighted by Crippen LogP contribution is -2.41. The van der Waals surface area contributed by atoms with Crippen molar-refractivity contribution in [2.24, 2.45) is 11.7 Å². The van der Waals surface area contributed by atoms with Gasteiger partial charge in [-0.25, -0.2) is 13.1 Å². The van der Waals surface area contributed by atoms with Crippen molar-refractivity contribution >= 4 is 10.0 Å². The molecule has 0 bridgehead atoms. The van der Waals surface area contributed by atoms with E-state index in [1.807, 2.05) is 13.8 Å². The lowest BCUT2D eigenvalue weighted by molar-refractivity contribution is 0.453.